The first-order valence-corrected chi connectivity index (χ1v) is 9.54. The van der Waals surface area contributed by atoms with Crippen LogP contribution in [0.3, 0.4) is 0 Å². The maximum absolute atomic E-state index is 12.4. The van der Waals surface area contributed by atoms with E-state index in [1.165, 1.54) is 0 Å². The van der Waals surface area contributed by atoms with Crippen molar-refractivity contribution in [1.29, 1.82) is 0 Å². The van der Waals surface area contributed by atoms with Crippen LogP contribution in [0.15, 0.2) is 42.5 Å². The molecule has 0 spiro atoms. The van der Waals surface area contributed by atoms with E-state index in [1.54, 1.807) is 24.3 Å². The third-order valence-electron chi connectivity index (χ3n) is 3.85. The number of hydrogen-bond acceptors (Lipinski definition) is 4. The predicted octanol–water partition coefficient (Wildman–Crippen LogP) is 4.08. The standard InChI is InChI=1S/C19H25N3O3S/c1-13(2)15-5-10-18(14(3)4)19(11-15)25-26(24)22-17-8-6-16(7-9-17)21-20-12-23/h5-14,21-22H,1-4H3,(H,20,23). The Hall–Kier alpha value is -2.54. The molecule has 0 bridgehead atoms. The zero-order valence-corrected chi connectivity index (χ0v) is 16.2. The number of hydrogen-bond donors (Lipinski definition) is 3. The Bertz CT molecular complexity index is 761. The van der Waals surface area contributed by atoms with Crippen LogP contribution in [0, 0.1) is 0 Å². The molecule has 3 N–H and O–H groups in total. The molecule has 2 rings (SSSR count). The van der Waals surface area contributed by atoms with Crippen LogP contribution in [-0.4, -0.2) is 10.6 Å². The highest BCUT2D eigenvalue weighted by atomic mass is 32.2. The quantitative estimate of drug-likeness (QED) is 0.456. The van der Waals surface area contributed by atoms with Crippen LogP contribution in [0.25, 0.3) is 0 Å². The van der Waals surface area contributed by atoms with E-state index in [1.807, 2.05) is 12.1 Å². The summed E-state index contributed by atoms with van der Waals surface area (Å²) in [6.07, 6.45) is 0.548. The predicted molar refractivity (Wildman–Crippen MR) is 106 cm³/mol. The number of rotatable bonds is 9. The van der Waals surface area contributed by atoms with Gasteiger partial charge in [0.1, 0.15) is 5.75 Å². The first-order chi connectivity index (χ1) is 12.4. The fourth-order valence-corrected chi connectivity index (χ4v) is 3.07. The van der Waals surface area contributed by atoms with Crippen molar-refractivity contribution in [3.63, 3.8) is 0 Å². The molecule has 7 heteroatoms. The Morgan fingerprint density at radius 3 is 2.19 bits per heavy atom. The summed E-state index contributed by atoms with van der Waals surface area (Å²) in [7, 11) is 0. The van der Waals surface area contributed by atoms with Crippen molar-refractivity contribution in [2.45, 2.75) is 39.5 Å². The molecular weight excluding hydrogens is 350 g/mol. The lowest BCUT2D eigenvalue weighted by Crippen LogP contribution is -2.18. The van der Waals surface area contributed by atoms with E-state index in [-0.39, 0.29) is 5.92 Å². The minimum absolute atomic E-state index is 0.263. The van der Waals surface area contributed by atoms with E-state index in [2.05, 4.69) is 49.3 Å². The lowest BCUT2D eigenvalue weighted by Gasteiger charge is -2.16. The highest BCUT2D eigenvalue weighted by molar-refractivity contribution is 7.81. The van der Waals surface area contributed by atoms with Crippen LogP contribution in [0.4, 0.5) is 11.4 Å². The summed E-state index contributed by atoms with van der Waals surface area (Å²) < 4.78 is 20.9. The Morgan fingerprint density at radius 2 is 1.62 bits per heavy atom. The van der Waals surface area contributed by atoms with Crippen LogP contribution in [-0.2, 0) is 16.1 Å². The zero-order chi connectivity index (χ0) is 19.1. The van der Waals surface area contributed by atoms with E-state index in [9.17, 15) is 9.00 Å². The van der Waals surface area contributed by atoms with Gasteiger partial charge in [-0.15, -0.1) is 0 Å². The number of amides is 1. The lowest BCUT2D eigenvalue weighted by molar-refractivity contribution is -0.109. The molecule has 1 amide bonds. The van der Waals surface area contributed by atoms with E-state index >= 15 is 0 Å². The van der Waals surface area contributed by atoms with E-state index in [0.29, 0.717) is 29.5 Å². The number of carbonyl (C=O) groups is 1. The van der Waals surface area contributed by atoms with Crippen molar-refractivity contribution in [2.75, 3.05) is 10.1 Å². The fourth-order valence-electron chi connectivity index (χ4n) is 2.39. The minimum Gasteiger partial charge on any atom is -0.385 e. The van der Waals surface area contributed by atoms with Gasteiger partial charge in [-0.2, -0.15) is 4.21 Å². The summed E-state index contributed by atoms with van der Waals surface area (Å²) in [6, 6.07) is 13.0. The minimum atomic E-state index is -1.72. The third-order valence-corrected chi connectivity index (χ3v) is 4.59. The Labute approximate surface area is 157 Å². The first kappa shape index (κ1) is 19.8. The largest absolute Gasteiger partial charge is 0.385 e. The van der Waals surface area contributed by atoms with Crippen molar-refractivity contribution < 1.29 is 13.2 Å². The first-order valence-electron chi connectivity index (χ1n) is 8.46. The molecule has 6 nitrogen and oxygen atoms in total. The lowest BCUT2D eigenvalue weighted by atomic mass is 9.96. The average molecular weight is 375 g/mol. The van der Waals surface area contributed by atoms with Crippen LogP contribution >= 0.6 is 0 Å². The molecular formula is C19H25N3O3S. The van der Waals surface area contributed by atoms with Crippen molar-refractivity contribution in [1.82, 2.24) is 5.43 Å². The number of nitrogens with one attached hydrogen (secondary N) is 3. The van der Waals surface area contributed by atoms with Gasteiger partial charge in [-0.1, -0.05) is 39.8 Å². The maximum atomic E-state index is 12.4. The second-order valence-electron chi connectivity index (χ2n) is 6.49. The molecule has 140 valence electrons. The molecule has 0 radical (unpaired) electrons. The van der Waals surface area contributed by atoms with Gasteiger partial charge >= 0.3 is 11.3 Å². The van der Waals surface area contributed by atoms with Gasteiger partial charge in [0, 0.05) is 5.69 Å². The van der Waals surface area contributed by atoms with Gasteiger partial charge in [0.15, 0.2) is 0 Å². The molecule has 0 aliphatic rings. The van der Waals surface area contributed by atoms with E-state index in [4.69, 9.17) is 4.18 Å². The molecule has 0 heterocycles. The second-order valence-corrected chi connectivity index (χ2v) is 7.33. The van der Waals surface area contributed by atoms with Crippen LogP contribution < -0.4 is 19.8 Å². The molecule has 0 aromatic heterocycles. The summed E-state index contributed by atoms with van der Waals surface area (Å²) in [6.45, 7) is 8.37. The van der Waals surface area contributed by atoms with Gasteiger partial charge in [0.25, 0.3) is 0 Å². The van der Waals surface area contributed by atoms with Crippen LogP contribution in [0.5, 0.6) is 5.75 Å². The van der Waals surface area contributed by atoms with Crippen LogP contribution in [0.1, 0.15) is 50.7 Å². The highest BCUT2D eigenvalue weighted by Crippen LogP contribution is 2.31. The molecule has 26 heavy (non-hydrogen) atoms. The van der Waals surface area contributed by atoms with Gasteiger partial charge in [-0.3, -0.25) is 20.4 Å². The number of benzene rings is 2. The summed E-state index contributed by atoms with van der Waals surface area (Å²) in [5, 5.41) is 0. The number of carbonyl (C=O) groups excluding carboxylic acids is 1. The van der Waals surface area contributed by atoms with Gasteiger partial charge in [0.05, 0.1) is 5.69 Å². The van der Waals surface area contributed by atoms with Gasteiger partial charge in [-0.05, 0) is 53.3 Å². The maximum Gasteiger partial charge on any atom is 0.316 e. The fraction of sp³-hybridized carbons (Fsp3) is 0.316. The zero-order valence-electron chi connectivity index (χ0n) is 15.4. The van der Waals surface area contributed by atoms with Crippen molar-refractivity contribution in [3.05, 3.63) is 53.6 Å². The van der Waals surface area contributed by atoms with Crippen molar-refractivity contribution >= 4 is 29.1 Å². The van der Waals surface area contributed by atoms with Crippen LogP contribution in [0.2, 0.25) is 0 Å². The van der Waals surface area contributed by atoms with Gasteiger partial charge in [0.2, 0.25) is 6.41 Å². The molecule has 2 aromatic carbocycles. The number of anilines is 2. The normalized spacial score (nSPS) is 11.9. The summed E-state index contributed by atoms with van der Waals surface area (Å²) in [5.41, 5.74) is 8.56. The molecule has 0 saturated heterocycles. The Balaban J connectivity index is 2.09. The molecule has 1 unspecified atom stereocenters. The van der Waals surface area contributed by atoms with Gasteiger partial charge < -0.3 is 4.18 Å². The highest BCUT2D eigenvalue weighted by Gasteiger charge is 2.13. The molecule has 1 atom stereocenters. The SMILES string of the molecule is CC(C)c1ccc(C(C)C)c(OS(=O)Nc2ccc(NNC=O)cc2)c1. The molecule has 0 aliphatic carbocycles. The van der Waals surface area contributed by atoms with Crippen molar-refractivity contribution in [3.8, 4) is 5.75 Å². The van der Waals surface area contributed by atoms with Gasteiger partial charge in [-0.25, -0.2) is 0 Å². The van der Waals surface area contributed by atoms with E-state index < -0.39 is 11.3 Å². The molecule has 0 saturated carbocycles. The van der Waals surface area contributed by atoms with E-state index in [0.717, 1.165) is 11.1 Å². The summed E-state index contributed by atoms with van der Waals surface area (Å²) in [5.74, 6) is 1.25. The summed E-state index contributed by atoms with van der Waals surface area (Å²) in [4.78, 5) is 10.3. The molecule has 0 aliphatic heterocycles. The average Bonchev–Trinajstić information content (AvgIpc) is 2.60. The Kier molecular flexibility index (Phi) is 7.03. The second kappa shape index (κ2) is 9.24. The molecule has 0 fully saturated rings. The summed E-state index contributed by atoms with van der Waals surface area (Å²) >= 11 is -1.72. The Morgan fingerprint density at radius 1 is 0.962 bits per heavy atom. The van der Waals surface area contributed by atoms with Crippen molar-refractivity contribution in [2.24, 2.45) is 0 Å². The number of hydrazine groups is 1. The smallest absolute Gasteiger partial charge is 0.316 e. The topological polar surface area (TPSA) is 79.5 Å². The third kappa shape index (κ3) is 5.49. The molecule has 2 aromatic rings. The monoisotopic (exact) mass is 375 g/mol.